The molecule has 7 heteroatoms. The zero-order valence-corrected chi connectivity index (χ0v) is 15.7. The van der Waals surface area contributed by atoms with E-state index in [2.05, 4.69) is 10.6 Å². The summed E-state index contributed by atoms with van der Waals surface area (Å²) in [5, 5.41) is 6.45. The second-order valence-electron chi connectivity index (χ2n) is 4.93. The van der Waals surface area contributed by atoms with Crippen LogP contribution in [0.25, 0.3) is 6.08 Å². The summed E-state index contributed by atoms with van der Waals surface area (Å²) >= 11 is 22.9. The molecule has 124 valence electrons. The van der Waals surface area contributed by atoms with E-state index in [0.717, 1.165) is 11.1 Å². The number of nitrogens with one attached hydrogen (secondary N) is 2. The first-order valence-electron chi connectivity index (χ1n) is 6.86. The molecule has 0 atom stereocenters. The molecule has 0 unspecified atom stereocenters. The normalized spacial score (nSPS) is 10.7. The first kappa shape index (κ1) is 18.7. The van der Waals surface area contributed by atoms with E-state index >= 15 is 0 Å². The molecular weight excluding hydrogens is 387 g/mol. The van der Waals surface area contributed by atoms with Gasteiger partial charge in [0.2, 0.25) is 5.91 Å². The van der Waals surface area contributed by atoms with Crippen LogP contribution in [0, 0.1) is 6.92 Å². The van der Waals surface area contributed by atoms with Gasteiger partial charge in [0, 0.05) is 6.08 Å². The Morgan fingerprint density at radius 1 is 1.04 bits per heavy atom. The van der Waals surface area contributed by atoms with Crippen LogP contribution in [0.2, 0.25) is 15.1 Å². The molecule has 0 saturated carbocycles. The fourth-order valence-corrected chi connectivity index (χ4v) is 2.58. The molecule has 24 heavy (non-hydrogen) atoms. The summed E-state index contributed by atoms with van der Waals surface area (Å²) in [5.74, 6) is -0.357. The topological polar surface area (TPSA) is 41.1 Å². The molecule has 3 nitrogen and oxygen atoms in total. The van der Waals surface area contributed by atoms with Crippen molar-refractivity contribution in [3.05, 3.63) is 68.7 Å². The number of carbonyl (C=O) groups excluding carboxylic acids is 1. The van der Waals surface area contributed by atoms with Crippen molar-refractivity contribution in [1.29, 1.82) is 0 Å². The lowest BCUT2D eigenvalue weighted by Crippen LogP contribution is -2.32. The van der Waals surface area contributed by atoms with E-state index in [-0.39, 0.29) is 11.0 Å². The average Bonchev–Trinajstić information content (AvgIpc) is 2.52. The largest absolute Gasteiger partial charge is 0.331 e. The number of halogens is 3. The molecule has 0 fully saturated rings. The Hall–Kier alpha value is -1.59. The monoisotopic (exact) mass is 398 g/mol. The van der Waals surface area contributed by atoms with Crippen LogP contribution in [0.15, 0.2) is 42.5 Å². The van der Waals surface area contributed by atoms with Crippen LogP contribution in [-0.2, 0) is 4.79 Å². The van der Waals surface area contributed by atoms with Crippen molar-refractivity contribution >= 4 is 69.8 Å². The van der Waals surface area contributed by atoms with Gasteiger partial charge in [-0.05, 0) is 42.9 Å². The van der Waals surface area contributed by atoms with Gasteiger partial charge in [-0.1, -0.05) is 64.6 Å². The van der Waals surface area contributed by atoms with Crippen LogP contribution < -0.4 is 10.6 Å². The van der Waals surface area contributed by atoms with Gasteiger partial charge < -0.3 is 5.32 Å². The second-order valence-corrected chi connectivity index (χ2v) is 6.56. The van der Waals surface area contributed by atoms with Gasteiger partial charge in [0.25, 0.3) is 0 Å². The fourth-order valence-electron chi connectivity index (χ4n) is 1.77. The van der Waals surface area contributed by atoms with Crippen LogP contribution in [0.5, 0.6) is 0 Å². The molecule has 0 aliphatic carbocycles. The van der Waals surface area contributed by atoms with E-state index < -0.39 is 0 Å². The Morgan fingerprint density at radius 3 is 2.33 bits per heavy atom. The number of rotatable bonds is 3. The van der Waals surface area contributed by atoms with Crippen molar-refractivity contribution in [2.24, 2.45) is 0 Å². The minimum atomic E-state index is -0.357. The molecule has 2 N–H and O–H groups in total. The van der Waals surface area contributed by atoms with E-state index in [1.54, 1.807) is 6.08 Å². The van der Waals surface area contributed by atoms with Crippen LogP contribution in [0.1, 0.15) is 11.1 Å². The standard InChI is InChI=1S/C17H13Cl3N2OS/c1-10-2-4-11(5-3-10)6-7-16(23)22-17(24)21-15-9-13(19)12(18)8-14(15)20/h2-9H,1H3,(H2,21,22,23,24)/b7-6+. The second kappa shape index (κ2) is 8.49. The number of hydrogen-bond acceptors (Lipinski definition) is 2. The third kappa shape index (κ3) is 5.49. The molecule has 0 radical (unpaired) electrons. The molecule has 2 rings (SSSR count). The highest BCUT2D eigenvalue weighted by Gasteiger charge is 2.08. The van der Waals surface area contributed by atoms with Gasteiger partial charge >= 0.3 is 0 Å². The molecule has 1 amide bonds. The van der Waals surface area contributed by atoms with Crippen molar-refractivity contribution in [2.75, 3.05) is 5.32 Å². The summed E-state index contributed by atoms with van der Waals surface area (Å²) in [5.41, 5.74) is 2.53. The van der Waals surface area contributed by atoms with E-state index in [1.165, 1.54) is 18.2 Å². The summed E-state index contributed by atoms with van der Waals surface area (Å²) in [7, 11) is 0. The summed E-state index contributed by atoms with van der Waals surface area (Å²) < 4.78 is 0. The molecule has 0 bridgehead atoms. The number of benzene rings is 2. The first-order valence-corrected chi connectivity index (χ1v) is 8.40. The van der Waals surface area contributed by atoms with Gasteiger partial charge in [0.05, 0.1) is 20.8 Å². The quantitative estimate of drug-likeness (QED) is 0.408. The number of thiocarbonyl (C=S) groups is 1. The molecule has 2 aromatic carbocycles. The van der Waals surface area contributed by atoms with Gasteiger partial charge in [-0.3, -0.25) is 10.1 Å². The molecular formula is C17H13Cl3N2OS. The fraction of sp³-hybridized carbons (Fsp3) is 0.0588. The van der Waals surface area contributed by atoms with Crippen LogP contribution in [-0.4, -0.2) is 11.0 Å². The minimum Gasteiger partial charge on any atom is -0.331 e. The van der Waals surface area contributed by atoms with Crippen molar-refractivity contribution in [2.45, 2.75) is 6.92 Å². The summed E-state index contributed by atoms with van der Waals surface area (Å²) in [6.45, 7) is 2.00. The van der Waals surface area contributed by atoms with E-state index in [4.69, 9.17) is 47.0 Å². The average molecular weight is 400 g/mol. The molecule has 0 spiro atoms. The van der Waals surface area contributed by atoms with E-state index in [1.807, 2.05) is 31.2 Å². The van der Waals surface area contributed by atoms with Crippen LogP contribution in [0.3, 0.4) is 0 Å². The van der Waals surface area contributed by atoms with Gasteiger partial charge in [0.1, 0.15) is 0 Å². The predicted molar refractivity (Wildman–Crippen MR) is 106 cm³/mol. The van der Waals surface area contributed by atoms with Crippen molar-refractivity contribution in [1.82, 2.24) is 5.32 Å². The van der Waals surface area contributed by atoms with Gasteiger partial charge in [-0.25, -0.2) is 0 Å². The third-order valence-corrected chi connectivity index (χ3v) is 4.24. The van der Waals surface area contributed by atoms with Crippen molar-refractivity contribution in [3.63, 3.8) is 0 Å². The highest BCUT2D eigenvalue weighted by molar-refractivity contribution is 7.80. The SMILES string of the molecule is Cc1ccc(/C=C/C(=O)NC(=S)Nc2cc(Cl)c(Cl)cc2Cl)cc1. The Balaban J connectivity index is 1.95. The molecule has 0 aliphatic rings. The maximum Gasteiger partial charge on any atom is 0.250 e. The van der Waals surface area contributed by atoms with Crippen molar-refractivity contribution < 1.29 is 4.79 Å². The van der Waals surface area contributed by atoms with E-state index in [0.29, 0.717) is 20.8 Å². The highest BCUT2D eigenvalue weighted by Crippen LogP contribution is 2.32. The number of hydrogen-bond donors (Lipinski definition) is 2. The lowest BCUT2D eigenvalue weighted by molar-refractivity contribution is -0.115. The van der Waals surface area contributed by atoms with Crippen LogP contribution >= 0.6 is 47.0 Å². The number of aryl methyl sites for hydroxylation is 1. The number of carbonyl (C=O) groups is 1. The Bertz CT molecular complexity index is 804. The summed E-state index contributed by atoms with van der Waals surface area (Å²) in [4.78, 5) is 11.9. The predicted octanol–water partition coefficient (Wildman–Crippen LogP) is 5.48. The molecule has 0 aliphatic heterocycles. The Labute approximate surface area is 160 Å². The van der Waals surface area contributed by atoms with Gasteiger partial charge in [0.15, 0.2) is 5.11 Å². The number of amides is 1. The lowest BCUT2D eigenvalue weighted by Gasteiger charge is -2.10. The van der Waals surface area contributed by atoms with Crippen LogP contribution in [0.4, 0.5) is 5.69 Å². The zero-order valence-electron chi connectivity index (χ0n) is 12.6. The molecule has 0 saturated heterocycles. The summed E-state index contributed by atoms with van der Waals surface area (Å²) in [6.07, 6.45) is 3.10. The molecule has 2 aromatic rings. The van der Waals surface area contributed by atoms with Crippen molar-refractivity contribution in [3.8, 4) is 0 Å². The summed E-state index contributed by atoms with van der Waals surface area (Å²) in [6, 6.07) is 10.8. The number of anilines is 1. The lowest BCUT2D eigenvalue weighted by atomic mass is 10.1. The third-order valence-electron chi connectivity index (χ3n) is 3.00. The Morgan fingerprint density at radius 2 is 1.67 bits per heavy atom. The molecule has 0 aromatic heterocycles. The smallest absolute Gasteiger partial charge is 0.250 e. The molecule has 0 heterocycles. The first-order chi connectivity index (χ1) is 11.3. The minimum absolute atomic E-state index is 0.105. The maximum atomic E-state index is 11.9. The highest BCUT2D eigenvalue weighted by atomic mass is 35.5. The van der Waals surface area contributed by atoms with Gasteiger partial charge in [-0.15, -0.1) is 0 Å². The maximum absolute atomic E-state index is 11.9. The Kier molecular flexibility index (Phi) is 6.63. The zero-order chi connectivity index (χ0) is 17.7. The van der Waals surface area contributed by atoms with Gasteiger partial charge in [-0.2, -0.15) is 0 Å². The van der Waals surface area contributed by atoms with E-state index in [9.17, 15) is 4.79 Å².